The Hall–Kier alpha value is -3.11. The number of ether oxygens (including phenoxy) is 1. The van der Waals surface area contributed by atoms with Crippen molar-refractivity contribution in [3.05, 3.63) is 82.9 Å². The molecular weight excluding hydrogens is 348 g/mol. The quantitative estimate of drug-likeness (QED) is 0.544. The summed E-state index contributed by atoms with van der Waals surface area (Å²) in [7, 11) is 1.68. The van der Waals surface area contributed by atoms with E-state index in [9.17, 15) is 4.79 Å². The highest BCUT2D eigenvalue weighted by molar-refractivity contribution is 6.17. The number of methoxy groups -OCH3 is 1. The predicted molar refractivity (Wildman–Crippen MR) is 112 cm³/mol. The molecule has 28 heavy (non-hydrogen) atoms. The molecule has 1 heterocycles. The Morgan fingerprint density at radius 1 is 1.11 bits per heavy atom. The number of benzene rings is 3. The van der Waals surface area contributed by atoms with E-state index in [1.165, 1.54) is 11.1 Å². The molecule has 4 rings (SSSR count). The summed E-state index contributed by atoms with van der Waals surface area (Å²) in [6.45, 7) is 3.40. The maximum Gasteiger partial charge on any atom is 0.249 e. The van der Waals surface area contributed by atoms with Crippen molar-refractivity contribution < 1.29 is 9.53 Å². The number of rotatable bonds is 6. The van der Waals surface area contributed by atoms with Crippen LogP contribution >= 0.6 is 0 Å². The van der Waals surface area contributed by atoms with Crippen LogP contribution < -0.4 is 5.73 Å². The SMILES string of the molecule is CCc1ccccc1Cn1c2cc(COC)c[c]c2c2c(C(N)=O)cccc21. The molecule has 3 aromatic carbocycles. The van der Waals surface area contributed by atoms with E-state index in [1.54, 1.807) is 13.2 Å². The lowest BCUT2D eigenvalue weighted by Crippen LogP contribution is -2.11. The molecule has 1 radical (unpaired) electrons. The fraction of sp³-hybridized carbons (Fsp3) is 0.208. The number of primary amides is 1. The van der Waals surface area contributed by atoms with Crippen molar-refractivity contribution in [1.82, 2.24) is 4.57 Å². The van der Waals surface area contributed by atoms with E-state index in [2.05, 4.69) is 47.9 Å². The van der Waals surface area contributed by atoms with Gasteiger partial charge in [-0.25, -0.2) is 0 Å². The molecule has 4 aromatic rings. The summed E-state index contributed by atoms with van der Waals surface area (Å²) >= 11 is 0. The molecule has 0 fully saturated rings. The molecule has 0 spiro atoms. The summed E-state index contributed by atoms with van der Waals surface area (Å²) in [4.78, 5) is 12.1. The zero-order valence-electron chi connectivity index (χ0n) is 16.2. The molecule has 1 aromatic heterocycles. The number of hydrogen-bond donors (Lipinski definition) is 1. The van der Waals surface area contributed by atoms with Gasteiger partial charge >= 0.3 is 0 Å². The first-order chi connectivity index (χ1) is 13.6. The Morgan fingerprint density at radius 2 is 1.89 bits per heavy atom. The lowest BCUT2D eigenvalue weighted by atomic mass is 10.0. The zero-order chi connectivity index (χ0) is 19.7. The predicted octanol–water partition coefficient (Wildman–Crippen LogP) is 4.45. The number of carbonyl (C=O) groups is 1. The molecule has 0 unspecified atom stereocenters. The second-order valence-corrected chi connectivity index (χ2v) is 6.97. The number of carbonyl (C=O) groups excluding carboxylic acids is 1. The maximum absolute atomic E-state index is 12.1. The first-order valence-corrected chi connectivity index (χ1v) is 9.45. The van der Waals surface area contributed by atoms with E-state index in [-0.39, 0.29) is 0 Å². The minimum absolute atomic E-state index is 0.423. The van der Waals surface area contributed by atoms with Gasteiger partial charge in [0.05, 0.1) is 17.6 Å². The average molecular weight is 371 g/mol. The molecule has 0 saturated carbocycles. The minimum Gasteiger partial charge on any atom is -0.380 e. The number of hydrogen-bond acceptors (Lipinski definition) is 2. The van der Waals surface area contributed by atoms with Gasteiger partial charge < -0.3 is 15.0 Å². The van der Waals surface area contributed by atoms with Gasteiger partial charge in [0, 0.05) is 30.0 Å². The van der Waals surface area contributed by atoms with Crippen LogP contribution in [0.2, 0.25) is 0 Å². The molecule has 2 N–H and O–H groups in total. The highest BCUT2D eigenvalue weighted by Crippen LogP contribution is 2.33. The van der Waals surface area contributed by atoms with Crippen LogP contribution in [0.5, 0.6) is 0 Å². The summed E-state index contributed by atoms with van der Waals surface area (Å²) in [5.41, 5.74) is 11.9. The van der Waals surface area contributed by atoms with Crippen LogP contribution in [0.1, 0.15) is 34.0 Å². The molecule has 4 heteroatoms. The van der Waals surface area contributed by atoms with Gasteiger partial charge in [-0.15, -0.1) is 0 Å². The third kappa shape index (κ3) is 3.06. The Morgan fingerprint density at radius 3 is 2.61 bits per heavy atom. The van der Waals surface area contributed by atoms with E-state index in [1.807, 2.05) is 18.2 Å². The second kappa shape index (κ2) is 7.49. The van der Waals surface area contributed by atoms with E-state index in [0.29, 0.717) is 12.2 Å². The highest BCUT2D eigenvalue weighted by Gasteiger charge is 2.17. The Kier molecular flexibility index (Phi) is 4.88. The van der Waals surface area contributed by atoms with Crippen molar-refractivity contribution in [3.63, 3.8) is 0 Å². The number of nitrogens with two attached hydrogens (primary N) is 1. The van der Waals surface area contributed by atoms with Crippen molar-refractivity contribution in [2.45, 2.75) is 26.5 Å². The van der Waals surface area contributed by atoms with Gasteiger partial charge in [-0.1, -0.05) is 37.3 Å². The smallest absolute Gasteiger partial charge is 0.249 e. The normalized spacial score (nSPS) is 11.4. The maximum atomic E-state index is 12.1. The van der Waals surface area contributed by atoms with Crippen LogP contribution in [0.4, 0.5) is 0 Å². The number of fused-ring (bicyclic) bond motifs is 3. The van der Waals surface area contributed by atoms with Gasteiger partial charge in [0.1, 0.15) is 0 Å². The number of amides is 1. The lowest BCUT2D eigenvalue weighted by molar-refractivity contribution is 0.100. The van der Waals surface area contributed by atoms with Gasteiger partial charge in [0.2, 0.25) is 5.91 Å². The highest BCUT2D eigenvalue weighted by atomic mass is 16.5. The minimum atomic E-state index is -0.423. The number of aryl methyl sites for hydroxylation is 1. The van der Waals surface area contributed by atoms with Gasteiger partial charge in [-0.05, 0) is 53.4 Å². The van der Waals surface area contributed by atoms with Crippen molar-refractivity contribution in [2.75, 3.05) is 7.11 Å². The van der Waals surface area contributed by atoms with Gasteiger partial charge in [0.25, 0.3) is 0 Å². The standard InChI is InChI=1S/C24H23N2O2/c1-3-17-7-4-5-8-18(17)14-26-21-10-6-9-20(24(25)27)23(21)19-12-11-16(15-28-2)13-22(19)26/h4-11,13H,3,14-15H2,1-2H3,(H2,25,27). The Labute approximate surface area is 164 Å². The summed E-state index contributed by atoms with van der Waals surface area (Å²) in [6.07, 6.45) is 0.973. The second-order valence-electron chi connectivity index (χ2n) is 6.97. The monoisotopic (exact) mass is 371 g/mol. The fourth-order valence-corrected chi connectivity index (χ4v) is 3.95. The van der Waals surface area contributed by atoms with Crippen LogP contribution in [-0.2, 0) is 24.3 Å². The van der Waals surface area contributed by atoms with E-state index in [4.69, 9.17) is 10.5 Å². The molecule has 0 atom stereocenters. The topological polar surface area (TPSA) is 57.2 Å². The van der Waals surface area contributed by atoms with Gasteiger partial charge in [-0.3, -0.25) is 4.79 Å². The lowest BCUT2D eigenvalue weighted by Gasteiger charge is -2.12. The summed E-state index contributed by atoms with van der Waals surface area (Å²) in [5, 5.41) is 1.78. The van der Waals surface area contributed by atoms with Crippen LogP contribution in [-0.4, -0.2) is 17.6 Å². The van der Waals surface area contributed by atoms with Crippen molar-refractivity contribution in [1.29, 1.82) is 0 Å². The first-order valence-electron chi connectivity index (χ1n) is 9.45. The van der Waals surface area contributed by atoms with E-state index in [0.717, 1.165) is 40.3 Å². The summed E-state index contributed by atoms with van der Waals surface area (Å²) in [5.74, 6) is -0.423. The van der Waals surface area contributed by atoms with Crippen LogP contribution in [0, 0.1) is 6.07 Å². The molecule has 4 nitrogen and oxygen atoms in total. The van der Waals surface area contributed by atoms with Crippen LogP contribution in [0.3, 0.4) is 0 Å². The number of aromatic nitrogens is 1. The first kappa shape index (κ1) is 18.3. The van der Waals surface area contributed by atoms with E-state index >= 15 is 0 Å². The molecule has 0 aliphatic carbocycles. The molecular formula is C24H23N2O2. The van der Waals surface area contributed by atoms with E-state index < -0.39 is 5.91 Å². The summed E-state index contributed by atoms with van der Waals surface area (Å²) in [6, 6.07) is 21.6. The zero-order valence-corrected chi connectivity index (χ0v) is 16.2. The van der Waals surface area contributed by atoms with Crippen LogP contribution in [0.15, 0.2) is 54.6 Å². The fourth-order valence-electron chi connectivity index (χ4n) is 3.95. The summed E-state index contributed by atoms with van der Waals surface area (Å²) < 4.78 is 7.56. The van der Waals surface area contributed by atoms with Crippen molar-refractivity contribution in [3.8, 4) is 0 Å². The molecule has 0 saturated heterocycles. The molecule has 0 aliphatic heterocycles. The van der Waals surface area contributed by atoms with Gasteiger partial charge in [-0.2, -0.15) is 0 Å². The molecule has 141 valence electrons. The average Bonchev–Trinajstić information content (AvgIpc) is 3.02. The molecule has 0 bridgehead atoms. The Balaban J connectivity index is 2.02. The third-order valence-corrected chi connectivity index (χ3v) is 5.26. The van der Waals surface area contributed by atoms with Crippen LogP contribution in [0.25, 0.3) is 21.8 Å². The third-order valence-electron chi connectivity index (χ3n) is 5.26. The molecule has 1 amide bonds. The van der Waals surface area contributed by atoms with Crippen molar-refractivity contribution in [2.24, 2.45) is 5.73 Å². The Bertz CT molecular complexity index is 1170. The van der Waals surface area contributed by atoms with Gasteiger partial charge in [0.15, 0.2) is 0 Å². The molecule has 0 aliphatic rings. The van der Waals surface area contributed by atoms with Crippen molar-refractivity contribution >= 4 is 27.7 Å². The number of nitrogens with zero attached hydrogens (tertiary/aromatic N) is 1. The largest absolute Gasteiger partial charge is 0.380 e.